The number of benzene rings is 2. The number of nitrogens with one attached hydrogen (secondary N) is 1. The molecule has 1 saturated heterocycles. The van der Waals surface area contributed by atoms with Crippen LogP contribution in [0.25, 0.3) is 28.0 Å². The van der Waals surface area contributed by atoms with Crippen molar-refractivity contribution in [3.63, 3.8) is 0 Å². The van der Waals surface area contributed by atoms with Crippen molar-refractivity contribution in [1.29, 1.82) is 0 Å². The van der Waals surface area contributed by atoms with Gasteiger partial charge in [-0.25, -0.2) is 4.98 Å². The summed E-state index contributed by atoms with van der Waals surface area (Å²) in [7, 11) is 1.94. The van der Waals surface area contributed by atoms with E-state index in [0.29, 0.717) is 31.7 Å². The number of hydrogen-bond acceptors (Lipinski definition) is 5. The summed E-state index contributed by atoms with van der Waals surface area (Å²) in [5.41, 5.74) is 9.53. The van der Waals surface area contributed by atoms with Crippen molar-refractivity contribution in [2.24, 2.45) is 0 Å². The number of hydrogen-bond donors (Lipinski definition) is 2. The molecule has 0 amide bonds. The zero-order chi connectivity index (χ0) is 25.6. The van der Waals surface area contributed by atoms with E-state index in [9.17, 15) is 17.6 Å². The maximum Gasteiger partial charge on any atom is 0.418 e. The van der Waals surface area contributed by atoms with Crippen molar-refractivity contribution in [3.05, 3.63) is 71.7 Å². The minimum atomic E-state index is -4.59. The average molecular weight is 498 g/mol. The summed E-state index contributed by atoms with van der Waals surface area (Å²) in [5, 5.41) is 3.22. The Morgan fingerprint density at radius 3 is 2.36 bits per heavy atom. The molecule has 1 aromatic heterocycles. The highest BCUT2D eigenvalue weighted by molar-refractivity contribution is 5.82. The molecule has 3 aromatic rings. The lowest BCUT2D eigenvalue weighted by Gasteiger charge is -2.35. The topological polar surface area (TPSA) is 57.4 Å². The first-order valence-electron chi connectivity index (χ1n) is 11.8. The Bertz CT molecular complexity index is 1330. The molecule has 0 radical (unpaired) electrons. The zero-order valence-corrected chi connectivity index (χ0v) is 19.9. The van der Waals surface area contributed by atoms with Crippen LogP contribution in [0.5, 0.6) is 0 Å². The molecule has 0 spiro atoms. The normalized spacial score (nSPS) is 16.6. The average Bonchev–Trinajstić information content (AvgIpc) is 2.84. The molecule has 0 aliphatic carbocycles. The summed E-state index contributed by atoms with van der Waals surface area (Å²) in [5.74, 6) is -0.929. The quantitative estimate of drug-likeness (QED) is 0.393. The van der Waals surface area contributed by atoms with Gasteiger partial charge in [0, 0.05) is 60.8 Å². The Morgan fingerprint density at radius 2 is 1.64 bits per heavy atom. The van der Waals surface area contributed by atoms with Gasteiger partial charge in [-0.2, -0.15) is 17.6 Å². The lowest BCUT2D eigenvalue weighted by Crippen LogP contribution is -2.45. The van der Waals surface area contributed by atoms with Crippen LogP contribution in [0.4, 0.5) is 29.1 Å². The minimum Gasteiger partial charge on any atom is -0.385 e. The van der Waals surface area contributed by atoms with Crippen LogP contribution in [0, 0.1) is 5.95 Å². The molecule has 1 fully saturated rings. The number of likely N-dealkylation sites (N-methyl/N-ethyl adjacent to an activating group) is 1. The Labute approximate surface area is 207 Å². The second kappa shape index (κ2) is 9.13. The van der Waals surface area contributed by atoms with E-state index >= 15 is 0 Å². The smallest absolute Gasteiger partial charge is 0.385 e. The number of nitrogens with two attached hydrogens (primary N) is 1. The molecule has 3 heterocycles. The molecule has 0 saturated carbocycles. The molecule has 3 N–H and O–H groups in total. The van der Waals surface area contributed by atoms with Crippen LogP contribution in [0.15, 0.2) is 49.0 Å². The maximum atomic E-state index is 15.0. The minimum absolute atomic E-state index is 0.0194. The number of rotatable bonds is 3. The van der Waals surface area contributed by atoms with Gasteiger partial charge in [0.25, 0.3) is 0 Å². The molecule has 9 heteroatoms. The maximum absolute atomic E-state index is 15.0. The van der Waals surface area contributed by atoms with Gasteiger partial charge in [0.15, 0.2) is 0 Å². The summed E-state index contributed by atoms with van der Waals surface area (Å²) in [4.78, 5) is 7.65. The summed E-state index contributed by atoms with van der Waals surface area (Å²) in [6, 6.07) is 11.1. The molecular weight excluding hydrogens is 470 g/mol. The van der Waals surface area contributed by atoms with Crippen LogP contribution >= 0.6 is 0 Å². The van der Waals surface area contributed by atoms with Gasteiger partial charge in [0.05, 0.1) is 5.56 Å². The highest BCUT2D eigenvalue weighted by Crippen LogP contribution is 2.41. The fourth-order valence-electron chi connectivity index (χ4n) is 4.90. The van der Waals surface area contributed by atoms with Gasteiger partial charge in [-0.15, -0.1) is 0 Å². The van der Waals surface area contributed by atoms with Crippen molar-refractivity contribution < 1.29 is 17.6 Å². The van der Waals surface area contributed by atoms with Gasteiger partial charge < -0.3 is 20.9 Å². The molecule has 0 atom stereocenters. The SMILES string of the molecule is C=C1NCCc2cc(-c3cc(-c4ccc(N5CCN(C)CC5)c(C(F)(F)F)c4)c(F)nc3N)ccc21. The third-order valence-electron chi connectivity index (χ3n) is 6.94. The van der Waals surface area contributed by atoms with Gasteiger partial charge in [-0.05, 0) is 48.4 Å². The van der Waals surface area contributed by atoms with E-state index in [2.05, 4.69) is 21.8 Å². The van der Waals surface area contributed by atoms with Crippen LogP contribution in [0.1, 0.15) is 16.7 Å². The number of nitrogen functional groups attached to an aromatic ring is 1. The molecule has 2 aliphatic rings. The van der Waals surface area contributed by atoms with Crippen molar-refractivity contribution in [1.82, 2.24) is 15.2 Å². The number of halogens is 4. The third-order valence-corrected chi connectivity index (χ3v) is 6.94. The molecule has 0 unspecified atom stereocenters. The highest BCUT2D eigenvalue weighted by atomic mass is 19.4. The number of pyridine rings is 1. The van der Waals surface area contributed by atoms with Gasteiger partial charge >= 0.3 is 6.18 Å². The van der Waals surface area contributed by atoms with Gasteiger partial charge in [-0.3, -0.25) is 0 Å². The summed E-state index contributed by atoms with van der Waals surface area (Å²) in [6.45, 7) is 7.08. The largest absolute Gasteiger partial charge is 0.418 e. The number of aromatic nitrogens is 1. The Hall–Kier alpha value is -3.59. The number of anilines is 2. The van der Waals surface area contributed by atoms with Crippen molar-refractivity contribution >= 4 is 17.2 Å². The van der Waals surface area contributed by atoms with Crippen molar-refractivity contribution in [3.8, 4) is 22.3 Å². The fraction of sp³-hybridized carbons (Fsp3) is 0.296. The molecule has 5 rings (SSSR count). The number of fused-ring (bicyclic) bond motifs is 1. The van der Waals surface area contributed by atoms with Crippen LogP contribution < -0.4 is 16.0 Å². The standard InChI is InChI=1S/C27H27F4N5/c1-16-20-5-3-17(13-19(20)7-8-33-16)22-15-21(25(28)34-26(22)32)18-4-6-24(23(14-18)27(29,30)31)36-11-9-35(2)10-12-36/h3-6,13-15,33H,1,7-12H2,2H3,(H2,32,34). The first-order chi connectivity index (χ1) is 17.1. The first-order valence-corrected chi connectivity index (χ1v) is 11.8. The molecule has 0 bridgehead atoms. The Morgan fingerprint density at radius 1 is 0.944 bits per heavy atom. The second-order valence-electron chi connectivity index (χ2n) is 9.31. The van der Waals surface area contributed by atoms with Crippen LogP contribution in [0.2, 0.25) is 0 Å². The van der Waals surface area contributed by atoms with Crippen molar-refractivity contribution in [2.45, 2.75) is 12.6 Å². The molecule has 36 heavy (non-hydrogen) atoms. The van der Waals surface area contributed by atoms with Crippen LogP contribution in [0.3, 0.4) is 0 Å². The molecule has 5 nitrogen and oxygen atoms in total. The molecule has 2 aliphatic heterocycles. The van der Waals surface area contributed by atoms with E-state index in [0.717, 1.165) is 41.4 Å². The Kier molecular flexibility index (Phi) is 6.12. The van der Waals surface area contributed by atoms with E-state index in [1.165, 1.54) is 18.2 Å². The van der Waals surface area contributed by atoms with E-state index in [1.807, 2.05) is 25.2 Å². The number of alkyl halides is 3. The predicted molar refractivity (Wildman–Crippen MR) is 135 cm³/mol. The van der Waals surface area contributed by atoms with E-state index in [4.69, 9.17) is 5.73 Å². The van der Waals surface area contributed by atoms with E-state index < -0.39 is 17.7 Å². The molecule has 188 valence electrons. The number of piperazine rings is 1. The monoisotopic (exact) mass is 497 g/mol. The summed E-state index contributed by atoms with van der Waals surface area (Å²) in [6.07, 6.45) is -3.81. The zero-order valence-electron chi connectivity index (χ0n) is 19.9. The lowest BCUT2D eigenvalue weighted by atomic mass is 9.93. The van der Waals surface area contributed by atoms with E-state index in [1.54, 1.807) is 4.90 Å². The second-order valence-corrected chi connectivity index (χ2v) is 9.31. The van der Waals surface area contributed by atoms with Gasteiger partial charge in [-0.1, -0.05) is 30.8 Å². The summed E-state index contributed by atoms with van der Waals surface area (Å²) >= 11 is 0. The lowest BCUT2D eigenvalue weighted by molar-refractivity contribution is -0.137. The number of nitrogens with zero attached hydrogens (tertiary/aromatic N) is 3. The first kappa shape index (κ1) is 24.1. The predicted octanol–water partition coefficient (Wildman–Crippen LogP) is 5.02. The highest BCUT2D eigenvalue weighted by Gasteiger charge is 2.36. The van der Waals surface area contributed by atoms with Gasteiger partial charge in [0.1, 0.15) is 5.82 Å². The van der Waals surface area contributed by atoms with Gasteiger partial charge in [0.2, 0.25) is 5.95 Å². The summed E-state index contributed by atoms with van der Waals surface area (Å²) < 4.78 is 57.3. The molecule has 2 aromatic carbocycles. The van der Waals surface area contributed by atoms with Crippen molar-refractivity contribution in [2.75, 3.05) is 50.4 Å². The Balaban J connectivity index is 1.57. The van der Waals surface area contributed by atoms with Crippen LogP contribution in [-0.2, 0) is 12.6 Å². The fourth-order valence-corrected chi connectivity index (χ4v) is 4.90. The third kappa shape index (κ3) is 4.51. The molecular formula is C27H27F4N5. The van der Waals surface area contributed by atoms with E-state index in [-0.39, 0.29) is 22.6 Å². The van der Waals surface area contributed by atoms with Crippen LogP contribution in [-0.4, -0.2) is 49.7 Å².